The molecule has 2 bridgehead atoms. The first-order valence-electron chi connectivity index (χ1n) is 5.29. The van der Waals surface area contributed by atoms with E-state index in [1.54, 1.807) is 0 Å². The smallest absolute Gasteiger partial charge is 0.316 e. The molecule has 3 rings (SSSR count). The largest absolute Gasteiger partial charge is 0.460 e. The maximum Gasteiger partial charge on any atom is 0.316 e. The van der Waals surface area contributed by atoms with Crippen LogP contribution in [-0.4, -0.2) is 37.1 Å². The Balaban J connectivity index is 1.84. The number of esters is 1. The van der Waals surface area contributed by atoms with Crippen LogP contribution in [-0.2, 0) is 19.6 Å². The second-order valence-electron chi connectivity index (χ2n) is 4.71. The van der Waals surface area contributed by atoms with Gasteiger partial charge < -0.3 is 4.74 Å². The summed E-state index contributed by atoms with van der Waals surface area (Å²) in [5.74, 6) is 0.0381. The molecular formula is C9H12BrNO4S. The number of ether oxygens (including phenoxy) is 1. The van der Waals surface area contributed by atoms with Crippen LogP contribution in [0.15, 0.2) is 0 Å². The average molecular weight is 310 g/mol. The number of hydrogen-bond acceptors (Lipinski definition) is 4. The second-order valence-corrected chi connectivity index (χ2v) is 7.20. The molecule has 2 aliphatic carbocycles. The van der Waals surface area contributed by atoms with Gasteiger partial charge in [0.1, 0.15) is 11.4 Å². The van der Waals surface area contributed by atoms with Crippen LogP contribution in [0, 0.1) is 11.8 Å². The topological polar surface area (TPSA) is 72.5 Å². The molecule has 3 aliphatic rings. The maximum absolute atomic E-state index is 11.7. The number of rotatable bonds is 2. The van der Waals surface area contributed by atoms with Crippen molar-refractivity contribution in [3.63, 3.8) is 0 Å². The Hall–Kier alpha value is -0.140. The Morgan fingerprint density at radius 2 is 2.19 bits per heavy atom. The van der Waals surface area contributed by atoms with E-state index >= 15 is 0 Å². The average Bonchev–Trinajstić information content (AvgIpc) is 2.81. The van der Waals surface area contributed by atoms with Crippen molar-refractivity contribution in [2.24, 2.45) is 11.8 Å². The van der Waals surface area contributed by atoms with Gasteiger partial charge in [0.05, 0.1) is 11.3 Å². The van der Waals surface area contributed by atoms with Crippen molar-refractivity contribution in [3.05, 3.63) is 0 Å². The zero-order chi connectivity index (χ0) is 11.5. The van der Waals surface area contributed by atoms with Gasteiger partial charge >= 0.3 is 5.97 Å². The molecule has 0 aromatic rings. The van der Waals surface area contributed by atoms with Crippen molar-refractivity contribution in [1.29, 1.82) is 0 Å². The zero-order valence-electron chi connectivity index (χ0n) is 8.43. The number of carbonyl (C=O) groups is 1. The molecule has 90 valence electrons. The predicted octanol–water partition coefficient (Wildman–Crippen LogP) is 0.00310. The van der Waals surface area contributed by atoms with Crippen LogP contribution < -0.4 is 4.72 Å². The van der Waals surface area contributed by atoms with Crippen LogP contribution in [0.2, 0.25) is 0 Å². The highest BCUT2D eigenvalue weighted by Crippen LogP contribution is 2.52. The zero-order valence-corrected chi connectivity index (χ0v) is 10.8. The van der Waals surface area contributed by atoms with E-state index in [0.717, 1.165) is 6.42 Å². The van der Waals surface area contributed by atoms with Gasteiger partial charge in [0, 0.05) is 0 Å². The quantitative estimate of drug-likeness (QED) is 0.576. The van der Waals surface area contributed by atoms with Crippen molar-refractivity contribution >= 4 is 31.9 Å². The predicted molar refractivity (Wildman–Crippen MR) is 59.5 cm³/mol. The minimum atomic E-state index is -3.16. The van der Waals surface area contributed by atoms with E-state index in [0.29, 0.717) is 6.42 Å². The highest BCUT2D eigenvalue weighted by atomic mass is 79.9. The highest BCUT2D eigenvalue weighted by molar-refractivity contribution is 9.09. The molecule has 2 saturated carbocycles. The summed E-state index contributed by atoms with van der Waals surface area (Å²) in [5, 5.41) is -0.0922. The van der Waals surface area contributed by atoms with Crippen molar-refractivity contribution < 1.29 is 17.9 Å². The first-order chi connectivity index (χ1) is 7.53. The van der Waals surface area contributed by atoms with Gasteiger partial charge in [0.15, 0.2) is 0 Å². The van der Waals surface area contributed by atoms with Crippen molar-refractivity contribution in [3.8, 4) is 0 Å². The molecular weight excluding hydrogens is 298 g/mol. The Kier molecular flexibility index (Phi) is 2.35. The number of halogens is 1. The van der Waals surface area contributed by atoms with Crippen molar-refractivity contribution in [2.45, 2.75) is 30.2 Å². The van der Waals surface area contributed by atoms with E-state index in [9.17, 15) is 13.2 Å². The van der Waals surface area contributed by atoms with Gasteiger partial charge in [-0.1, -0.05) is 15.9 Å². The fourth-order valence-corrected chi connectivity index (χ4v) is 5.63. The highest BCUT2D eigenvalue weighted by Gasteiger charge is 2.63. The van der Waals surface area contributed by atoms with Gasteiger partial charge in [0.25, 0.3) is 0 Å². The van der Waals surface area contributed by atoms with E-state index < -0.39 is 10.0 Å². The van der Waals surface area contributed by atoms with Crippen LogP contribution >= 0.6 is 15.9 Å². The van der Waals surface area contributed by atoms with E-state index in [2.05, 4.69) is 20.7 Å². The maximum atomic E-state index is 11.7. The van der Waals surface area contributed by atoms with Crippen LogP contribution in [0.4, 0.5) is 0 Å². The Morgan fingerprint density at radius 1 is 1.44 bits per heavy atom. The molecule has 0 aromatic heterocycles. The minimum absolute atomic E-state index is 0.142. The molecule has 3 fully saturated rings. The SMILES string of the molecule is O=C(CBr)OC1C2CC3C1NS(=O)(=O)C3C2. The lowest BCUT2D eigenvalue weighted by molar-refractivity contribution is -0.148. The number of carbonyl (C=O) groups excluding carboxylic acids is 1. The molecule has 5 atom stereocenters. The van der Waals surface area contributed by atoms with Crippen LogP contribution in [0.1, 0.15) is 12.8 Å². The lowest BCUT2D eigenvalue weighted by Gasteiger charge is -2.25. The molecule has 1 heterocycles. The minimum Gasteiger partial charge on any atom is -0.460 e. The number of hydrogen-bond donors (Lipinski definition) is 1. The molecule has 0 amide bonds. The number of alkyl halides is 1. The first kappa shape index (κ1) is 11.0. The lowest BCUT2D eigenvalue weighted by atomic mass is 9.93. The summed E-state index contributed by atoms with van der Waals surface area (Å²) < 4.78 is 31.4. The Morgan fingerprint density at radius 3 is 2.88 bits per heavy atom. The molecule has 1 N–H and O–H groups in total. The molecule has 7 heteroatoms. The number of fused-ring (bicyclic) bond motifs is 1. The van der Waals surface area contributed by atoms with E-state index in [4.69, 9.17) is 4.74 Å². The van der Waals surface area contributed by atoms with Gasteiger partial charge in [-0.2, -0.15) is 0 Å². The van der Waals surface area contributed by atoms with Crippen LogP contribution in [0.25, 0.3) is 0 Å². The van der Waals surface area contributed by atoms with Gasteiger partial charge in [-0.15, -0.1) is 0 Å². The summed E-state index contributed by atoms with van der Waals surface area (Å²) in [6.45, 7) is 0. The first-order valence-corrected chi connectivity index (χ1v) is 7.96. The van der Waals surface area contributed by atoms with E-state index in [1.165, 1.54) is 0 Å². The van der Waals surface area contributed by atoms with E-state index in [1.807, 2.05) is 0 Å². The van der Waals surface area contributed by atoms with Crippen molar-refractivity contribution in [1.82, 2.24) is 4.72 Å². The lowest BCUT2D eigenvalue weighted by Crippen LogP contribution is -2.41. The Labute approximate surface area is 102 Å². The molecule has 5 unspecified atom stereocenters. The summed E-state index contributed by atoms with van der Waals surface area (Å²) in [5.41, 5.74) is 0. The molecule has 1 aliphatic heterocycles. The summed E-state index contributed by atoms with van der Waals surface area (Å²) >= 11 is 3.04. The van der Waals surface area contributed by atoms with Gasteiger partial charge in [0.2, 0.25) is 10.0 Å². The van der Waals surface area contributed by atoms with Crippen LogP contribution in [0.3, 0.4) is 0 Å². The molecule has 0 radical (unpaired) electrons. The third-order valence-electron chi connectivity index (χ3n) is 3.94. The third kappa shape index (κ3) is 1.37. The van der Waals surface area contributed by atoms with Gasteiger partial charge in [-0.05, 0) is 24.7 Å². The summed E-state index contributed by atoms with van der Waals surface area (Å²) in [4.78, 5) is 11.2. The molecule has 0 spiro atoms. The van der Waals surface area contributed by atoms with E-state index in [-0.39, 0.29) is 40.5 Å². The van der Waals surface area contributed by atoms with Gasteiger partial charge in [-0.25, -0.2) is 13.1 Å². The fraction of sp³-hybridized carbons (Fsp3) is 0.889. The summed E-state index contributed by atoms with van der Waals surface area (Å²) in [6.07, 6.45) is 1.24. The molecule has 16 heavy (non-hydrogen) atoms. The number of sulfonamides is 1. The molecule has 5 nitrogen and oxygen atoms in total. The van der Waals surface area contributed by atoms with Crippen molar-refractivity contribution in [2.75, 3.05) is 5.33 Å². The fourth-order valence-electron chi connectivity index (χ4n) is 3.39. The molecule has 0 aromatic carbocycles. The normalized spacial score (nSPS) is 47.2. The summed E-state index contributed by atoms with van der Waals surface area (Å²) in [6, 6.07) is -0.184. The standard InChI is InChI=1S/C9H12BrNO4S/c10-3-7(12)15-9-4-1-5-6(2-4)16(13,14)11-8(5)9/h4-6,8-9,11H,1-3H2. The monoisotopic (exact) mass is 309 g/mol. The summed E-state index contributed by atoms with van der Waals surface area (Å²) in [7, 11) is -3.16. The molecule has 1 saturated heterocycles. The third-order valence-corrected chi connectivity index (χ3v) is 6.34. The second kappa shape index (κ2) is 3.43. The van der Waals surface area contributed by atoms with Gasteiger partial charge in [-0.3, -0.25) is 4.79 Å². The Bertz CT molecular complexity index is 437. The number of nitrogens with one attached hydrogen (secondary N) is 1. The van der Waals surface area contributed by atoms with Crippen LogP contribution in [0.5, 0.6) is 0 Å².